The van der Waals surface area contributed by atoms with Gasteiger partial charge in [0.15, 0.2) is 0 Å². The van der Waals surface area contributed by atoms with Crippen molar-refractivity contribution >= 4 is 17.4 Å². The van der Waals surface area contributed by atoms with Crippen molar-refractivity contribution in [3.63, 3.8) is 0 Å². The Hall–Kier alpha value is 0.382. The normalized spacial score (nSPS) is 0. The van der Waals surface area contributed by atoms with Crippen LogP contribution < -0.4 is 4.70 Å². The summed E-state index contributed by atoms with van der Waals surface area (Å²) >= 11 is 0. The van der Waals surface area contributed by atoms with Crippen LogP contribution in [0.3, 0.4) is 0 Å². The van der Waals surface area contributed by atoms with Crippen LogP contribution in [0.15, 0.2) is 0 Å². The summed E-state index contributed by atoms with van der Waals surface area (Å²) in [6, 6.07) is 0. The molecule has 3 N–H and O–H groups in total. The smallest absolute Gasteiger partial charge is 1.00 e. The Labute approximate surface area is 33.9 Å². The van der Waals surface area contributed by atoms with Gasteiger partial charge in [0, 0.05) is 0 Å². The van der Waals surface area contributed by atoms with E-state index in [4.69, 9.17) is 0 Å². The topological polar surface area (TPSA) is 61.5 Å². The van der Waals surface area contributed by atoms with E-state index in [0.29, 0.717) is 0 Å². The fraction of sp³-hybridized carbons (Fsp3) is 0. The molecule has 0 unspecified atom stereocenters. The molecule has 0 aromatic heterocycles. The van der Waals surface area contributed by atoms with Crippen LogP contribution in [-0.4, -0.2) is 28.3 Å². The van der Waals surface area contributed by atoms with Crippen molar-refractivity contribution < 1.29 is 15.7 Å². The van der Waals surface area contributed by atoms with E-state index in [1.165, 1.54) is 0 Å². The molecular weight excluding hydrogens is 78.0 g/mol. The molecule has 0 saturated heterocycles. The van der Waals surface area contributed by atoms with Gasteiger partial charge in [0.1, 0.15) is 0 Å². The maximum Gasteiger partial charge on any atom is 2.00 e. The maximum absolute atomic E-state index is 0. The second kappa shape index (κ2) is 131. The first kappa shape index (κ1) is 343. The van der Waals surface area contributed by atoms with Crippen LogP contribution in [0.4, 0.5) is 0 Å². The van der Waals surface area contributed by atoms with Crippen LogP contribution in [0, 0.1) is 0 Å². The van der Waals surface area contributed by atoms with Gasteiger partial charge in [0.05, 0.1) is 0 Å². The Morgan fingerprint density at radius 2 is 1.00 bits per heavy atom. The number of halogens is 1. The van der Waals surface area contributed by atoms with Crippen molar-refractivity contribution in [1.29, 1.82) is 0 Å². The molecule has 0 aromatic rings. The van der Waals surface area contributed by atoms with Crippen molar-refractivity contribution in [2.24, 2.45) is 0 Å². The van der Waals surface area contributed by atoms with Gasteiger partial charge in [-0.2, -0.15) is 0 Å². The molecule has 2 nitrogen and oxygen atoms in total. The first-order valence-corrected chi connectivity index (χ1v) is 0. The zero-order chi connectivity index (χ0) is 0. The minimum absolute atomic E-state index is 0. The standard InChI is InChI=1S/Al.FH.2H2O/h;1H;2*1H2/q+2;;;/p-2. The Morgan fingerprint density at radius 3 is 1.00 bits per heavy atom. The average Bonchev–Trinajstić information content (AvgIpc) is 0. The molecule has 0 amide bonds. The summed E-state index contributed by atoms with van der Waals surface area (Å²) in [5, 5.41) is 0. The van der Waals surface area contributed by atoms with Crippen LogP contribution in [0.25, 0.3) is 0 Å². The van der Waals surface area contributed by atoms with Gasteiger partial charge in [-0.3, -0.25) is 0 Å². The molecule has 1 radical (unpaired) electrons. The third kappa shape index (κ3) is 31.1. The fourth-order valence-electron chi connectivity index (χ4n) is 0. The van der Waals surface area contributed by atoms with Crippen LogP contribution >= 0.6 is 0 Å². The monoisotopic (exact) mass is 81.0 g/mol. The van der Waals surface area contributed by atoms with Crippen molar-refractivity contribution in [3.8, 4) is 0 Å². The zero-order valence-electron chi connectivity index (χ0n) is 1.90. The predicted octanol–water partition coefficient (Wildman–Crippen LogP) is -4.38. The van der Waals surface area contributed by atoms with Gasteiger partial charge in [0.25, 0.3) is 0 Å². The molecule has 0 atom stereocenters. The summed E-state index contributed by atoms with van der Waals surface area (Å²) in [6.07, 6.45) is 0. The largest absolute Gasteiger partial charge is 2.00 e. The van der Waals surface area contributed by atoms with Crippen molar-refractivity contribution in [2.75, 3.05) is 0 Å². The second-order valence-electron chi connectivity index (χ2n) is 0. The van der Waals surface area contributed by atoms with E-state index in [0.717, 1.165) is 0 Å². The first-order chi connectivity index (χ1) is 0. The van der Waals surface area contributed by atoms with E-state index < -0.39 is 0 Å². The zero-order valence-corrected chi connectivity index (χ0v) is 3.06. The van der Waals surface area contributed by atoms with E-state index in [1.54, 1.807) is 0 Å². The number of hydrogen-bond acceptors (Lipinski definition) is 1. The van der Waals surface area contributed by atoms with E-state index in [2.05, 4.69) is 0 Å². The summed E-state index contributed by atoms with van der Waals surface area (Å²) < 4.78 is 0. The second-order valence-corrected chi connectivity index (χ2v) is 0. The van der Waals surface area contributed by atoms with Gasteiger partial charge in [-0.05, 0) is 0 Å². The van der Waals surface area contributed by atoms with Gasteiger partial charge in [-0.15, -0.1) is 0 Å². The summed E-state index contributed by atoms with van der Waals surface area (Å²) in [6.45, 7) is 0. The van der Waals surface area contributed by atoms with E-state index >= 15 is 0 Å². The molecule has 0 aliphatic heterocycles. The minimum Gasteiger partial charge on any atom is -1.00 e. The third-order valence-corrected chi connectivity index (χ3v) is 0. The van der Waals surface area contributed by atoms with E-state index in [9.17, 15) is 0 Å². The van der Waals surface area contributed by atoms with Gasteiger partial charge < -0.3 is 15.7 Å². The maximum atomic E-state index is 0. The molecule has 0 fully saturated rings. The Bertz CT molecular complexity index is 6.00. The Kier molecular flexibility index (Phi) is 11200. The molecular formula is H3AlFO2. The number of hydrogen-bond donors (Lipinski definition) is 0. The van der Waals surface area contributed by atoms with Gasteiger partial charge in [0.2, 0.25) is 0 Å². The summed E-state index contributed by atoms with van der Waals surface area (Å²) in [5.74, 6) is 0. The van der Waals surface area contributed by atoms with E-state index in [-0.39, 0.29) is 33.0 Å². The quantitative estimate of drug-likeness (QED) is 0.272. The molecule has 25 valence electrons. The fourth-order valence-corrected chi connectivity index (χ4v) is 0. The molecule has 4 heavy (non-hydrogen) atoms. The van der Waals surface area contributed by atoms with Gasteiger partial charge in [-0.25, -0.2) is 0 Å². The van der Waals surface area contributed by atoms with Crippen LogP contribution in [0.1, 0.15) is 0 Å². The molecule has 0 aliphatic rings. The molecule has 0 aromatic carbocycles. The molecule has 0 rings (SSSR count). The van der Waals surface area contributed by atoms with Crippen LogP contribution in [-0.2, 0) is 0 Å². The van der Waals surface area contributed by atoms with E-state index in [1.807, 2.05) is 0 Å². The molecule has 0 bridgehead atoms. The van der Waals surface area contributed by atoms with Crippen molar-refractivity contribution in [1.82, 2.24) is 0 Å². The Balaban J connectivity index is 0. The molecule has 0 heterocycles. The van der Waals surface area contributed by atoms with Gasteiger partial charge in [-0.1, -0.05) is 0 Å². The first-order valence-electron chi connectivity index (χ1n) is 0. The van der Waals surface area contributed by atoms with Crippen molar-refractivity contribution in [3.05, 3.63) is 0 Å². The van der Waals surface area contributed by atoms with Crippen molar-refractivity contribution in [2.45, 2.75) is 0 Å². The number of rotatable bonds is 0. The third-order valence-electron chi connectivity index (χ3n) is 0. The Morgan fingerprint density at radius 1 is 1.00 bits per heavy atom. The average molecular weight is 81.0 g/mol. The van der Waals surface area contributed by atoms with Gasteiger partial charge >= 0.3 is 17.4 Å². The van der Waals surface area contributed by atoms with Crippen LogP contribution in [0.2, 0.25) is 0 Å². The molecule has 0 aliphatic carbocycles. The summed E-state index contributed by atoms with van der Waals surface area (Å²) in [4.78, 5) is 0. The SMILES string of the molecule is O.[Al+2].[F-].[OH-]. The summed E-state index contributed by atoms with van der Waals surface area (Å²) in [7, 11) is 0. The minimum atomic E-state index is 0. The molecule has 0 spiro atoms. The molecule has 0 saturated carbocycles. The summed E-state index contributed by atoms with van der Waals surface area (Å²) in [5.41, 5.74) is 0. The predicted molar refractivity (Wildman–Crippen MR) is 11.3 cm³/mol. The molecule has 4 heteroatoms. The van der Waals surface area contributed by atoms with Crippen LogP contribution in [0.5, 0.6) is 0 Å².